The molecule has 0 bridgehead atoms. The molecule has 0 radical (unpaired) electrons. The predicted octanol–water partition coefficient (Wildman–Crippen LogP) is 2.87. The van der Waals surface area contributed by atoms with Crippen LogP contribution in [-0.2, 0) is 9.59 Å². The number of nitrogens with zero attached hydrogens (tertiary/aromatic N) is 1. The van der Waals surface area contributed by atoms with Gasteiger partial charge in [0, 0.05) is 29.8 Å². The molecule has 120 valence electrons. The lowest BCUT2D eigenvalue weighted by atomic mass is 10.3. The molecule has 0 saturated heterocycles. The van der Waals surface area contributed by atoms with Crippen LogP contribution in [0.2, 0.25) is 0 Å². The van der Waals surface area contributed by atoms with Crippen LogP contribution in [0.1, 0.15) is 4.88 Å². The van der Waals surface area contributed by atoms with E-state index in [1.54, 1.807) is 55.8 Å². The highest BCUT2D eigenvalue weighted by Gasteiger charge is 2.11. The summed E-state index contributed by atoms with van der Waals surface area (Å²) in [5.74, 6) is 0.170. The number of hydrogen-bond donors (Lipinski definition) is 1. The second kappa shape index (κ2) is 8.14. The first-order valence-corrected chi connectivity index (χ1v) is 7.87. The van der Waals surface area contributed by atoms with E-state index in [4.69, 9.17) is 4.74 Å². The lowest BCUT2D eigenvalue weighted by molar-refractivity contribution is -0.129. The molecule has 0 fully saturated rings. The Bertz CT molecular complexity index is 696. The highest BCUT2D eigenvalue weighted by molar-refractivity contribution is 7.10. The zero-order valence-electron chi connectivity index (χ0n) is 13.0. The van der Waals surface area contributed by atoms with E-state index in [1.807, 2.05) is 17.5 Å². The molecule has 0 atom stereocenters. The number of carbonyl (C=O) groups excluding carboxylic acids is 2. The average Bonchev–Trinajstić information content (AvgIpc) is 3.06. The van der Waals surface area contributed by atoms with Gasteiger partial charge in [-0.2, -0.15) is 0 Å². The Kier molecular flexibility index (Phi) is 5.94. The van der Waals surface area contributed by atoms with E-state index in [2.05, 4.69) is 5.32 Å². The number of benzene rings is 1. The van der Waals surface area contributed by atoms with Crippen LogP contribution >= 0.6 is 11.3 Å². The third-order valence-corrected chi connectivity index (χ3v) is 3.88. The predicted molar refractivity (Wildman–Crippen MR) is 92.6 cm³/mol. The number of methoxy groups -OCH3 is 1. The maximum atomic E-state index is 12.0. The van der Waals surface area contributed by atoms with Crippen LogP contribution in [0.3, 0.4) is 0 Å². The van der Waals surface area contributed by atoms with Crippen LogP contribution in [0.15, 0.2) is 47.9 Å². The van der Waals surface area contributed by atoms with Crippen molar-refractivity contribution in [3.05, 3.63) is 52.7 Å². The van der Waals surface area contributed by atoms with Gasteiger partial charge in [0.1, 0.15) is 5.75 Å². The number of nitrogens with one attached hydrogen (secondary N) is 1. The van der Waals surface area contributed by atoms with Crippen molar-refractivity contribution in [2.24, 2.45) is 0 Å². The first kappa shape index (κ1) is 16.8. The molecule has 5 nitrogen and oxygen atoms in total. The van der Waals surface area contributed by atoms with Gasteiger partial charge in [-0.1, -0.05) is 12.1 Å². The largest absolute Gasteiger partial charge is 0.497 e. The van der Waals surface area contributed by atoms with Crippen molar-refractivity contribution in [1.29, 1.82) is 0 Å². The van der Waals surface area contributed by atoms with Gasteiger partial charge in [-0.15, -0.1) is 11.3 Å². The standard InChI is InChI=1S/C17H18N2O3S/c1-19(17(21)9-8-15-7-4-10-23-15)12-16(20)18-13-5-3-6-14(11-13)22-2/h3-11H,12H2,1-2H3,(H,18,20)/b9-8+. The molecule has 0 spiro atoms. The molecule has 0 aliphatic carbocycles. The molecule has 0 unspecified atom stereocenters. The fraction of sp³-hybridized carbons (Fsp3) is 0.176. The second-order valence-corrected chi connectivity index (χ2v) is 5.80. The van der Waals surface area contributed by atoms with Gasteiger partial charge in [-0.3, -0.25) is 9.59 Å². The molecule has 23 heavy (non-hydrogen) atoms. The minimum absolute atomic E-state index is 0.0230. The van der Waals surface area contributed by atoms with Gasteiger partial charge in [0.2, 0.25) is 11.8 Å². The third kappa shape index (κ3) is 5.27. The van der Waals surface area contributed by atoms with Gasteiger partial charge in [-0.05, 0) is 29.7 Å². The van der Waals surface area contributed by atoms with Gasteiger partial charge in [0.15, 0.2) is 0 Å². The summed E-state index contributed by atoms with van der Waals surface area (Å²) in [7, 11) is 3.15. The summed E-state index contributed by atoms with van der Waals surface area (Å²) >= 11 is 1.55. The summed E-state index contributed by atoms with van der Waals surface area (Å²) < 4.78 is 5.10. The fourth-order valence-corrected chi connectivity index (χ4v) is 2.48. The van der Waals surface area contributed by atoms with Gasteiger partial charge < -0.3 is 15.0 Å². The minimum Gasteiger partial charge on any atom is -0.497 e. The van der Waals surface area contributed by atoms with Crippen molar-refractivity contribution in [3.63, 3.8) is 0 Å². The second-order valence-electron chi connectivity index (χ2n) is 4.82. The summed E-state index contributed by atoms with van der Waals surface area (Å²) in [6.45, 7) is -0.0230. The molecule has 1 aromatic carbocycles. The molecule has 1 aromatic heterocycles. The number of carbonyl (C=O) groups is 2. The summed E-state index contributed by atoms with van der Waals surface area (Å²) in [4.78, 5) is 26.3. The number of hydrogen-bond acceptors (Lipinski definition) is 4. The van der Waals surface area contributed by atoms with Crippen LogP contribution in [0, 0.1) is 0 Å². The van der Waals surface area contributed by atoms with Crippen molar-refractivity contribution < 1.29 is 14.3 Å². The zero-order valence-corrected chi connectivity index (χ0v) is 13.8. The average molecular weight is 330 g/mol. The normalized spacial score (nSPS) is 10.5. The number of amides is 2. The number of ether oxygens (including phenoxy) is 1. The maximum absolute atomic E-state index is 12.0. The Labute approximate surface area is 139 Å². The minimum atomic E-state index is -0.265. The zero-order chi connectivity index (χ0) is 16.7. The van der Waals surface area contributed by atoms with Gasteiger partial charge in [0.25, 0.3) is 0 Å². The Morgan fingerprint density at radius 2 is 2.13 bits per heavy atom. The molecule has 1 N–H and O–H groups in total. The maximum Gasteiger partial charge on any atom is 0.246 e. The molecular formula is C17H18N2O3S. The first-order chi connectivity index (χ1) is 11.1. The first-order valence-electron chi connectivity index (χ1n) is 6.99. The quantitative estimate of drug-likeness (QED) is 0.829. The Balaban J connectivity index is 1.87. The SMILES string of the molecule is COc1cccc(NC(=O)CN(C)C(=O)/C=C/c2cccs2)c1. The van der Waals surface area contributed by atoms with E-state index in [-0.39, 0.29) is 18.4 Å². The van der Waals surface area contributed by atoms with Crippen LogP contribution in [0.5, 0.6) is 5.75 Å². The van der Waals surface area contributed by atoms with Crippen LogP contribution in [-0.4, -0.2) is 37.4 Å². The van der Waals surface area contributed by atoms with Crippen LogP contribution < -0.4 is 10.1 Å². The van der Waals surface area contributed by atoms with Crippen molar-refractivity contribution in [2.75, 3.05) is 26.0 Å². The molecule has 6 heteroatoms. The molecule has 0 aliphatic heterocycles. The highest BCUT2D eigenvalue weighted by atomic mass is 32.1. The lowest BCUT2D eigenvalue weighted by Gasteiger charge is -2.15. The molecule has 0 aliphatic rings. The van der Waals surface area contributed by atoms with Crippen LogP contribution in [0.25, 0.3) is 6.08 Å². The summed E-state index contributed by atoms with van der Waals surface area (Å²) in [5.41, 5.74) is 0.629. The third-order valence-electron chi connectivity index (χ3n) is 3.04. The van der Waals surface area contributed by atoms with E-state index >= 15 is 0 Å². The lowest BCUT2D eigenvalue weighted by Crippen LogP contribution is -2.33. The smallest absolute Gasteiger partial charge is 0.246 e. The summed E-state index contributed by atoms with van der Waals surface area (Å²) in [6, 6.07) is 10.9. The van der Waals surface area contributed by atoms with Crippen LogP contribution in [0.4, 0.5) is 5.69 Å². The molecule has 1 heterocycles. The van der Waals surface area contributed by atoms with Crippen molar-refractivity contribution >= 4 is 34.9 Å². The van der Waals surface area contributed by atoms with E-state index in [9.17, 15) is 9.59 Å². The summed E-state index contributed by atoms with van der Waals surface area (Å²) in [6.07, 6.45) is 3.20. The molecular weight excluding hydrogens is 312 g/mol. The van der Waals surface area contributed by atoms with Gasteiger partial charge in [0.05, 0.1) is 13.7 Å². The Hall–Kier alpha value is -2.60. The van der Waals surface area contributed by atoms with E-state index < -0.39 is 0 Å². The number of thiophene rings is 1. The monoisotopic (exact) mass is 330 g/mol. The van der Waals surface area contributed by atoms with E-state index in [0.29, 0.717) is 11.4 Å². The fourth-order valence-electron chi connectivity index (χ4n) is 1.86. The van der Waals surface area contributed by atoms with Crippen molar-refractivity contribution in [2.45, 2.75) is 0 Å². The molecule has 2 rings (SSSR count). The Morgan fingerprint density at radius 3 is 2.83 bits per heavy atom. The molecule has 2 amide bonds. The van der Waals surface area contributed by atoms with Gasteiger partial charge >= 0.3 is 0 Å². The number of likely N-dealkylation sites (N-methyl/N-ethyl adjacent to an activating group) is 1. The number of anilines is 1. The Morgan fingerprint density at radius 1 is 1.30 bits per heavy atom. The van der Waals surface area contributed by atoms with E-state index in [0.717, 1.165) is 4.88 Å². The number of rotatable bonds is 6. The summed E-state index contributed by atoms with van der Waals surface area (Å²) in [5, 5.41) is 4.68. The molecule has 2 aromatic rings. The molecule has 0 saturated carbocycles. The van der Waals surface area contributed by atoms with Crippen molar-refractivity contribution in [1.82, 2.24) is 4.90 Å². The van der Waals surface area contributed by atoms with Crippen molar-refractivity contribution in [3.8, 4) is 5.75 Å². The van der Waals surface area contributed by atoms with E-state index in [1.165, 1.54) is 11.0 Å². The topological polar surface area (TPSA) is 58.6 Å². The highest BCUT2D eigenvalue weighted by Crippen LogP contribution is 2.16. The van der Waals surface area contributed by atoms with Gasteiger partial charge in [-0.25, -0.2) is 0 Å².